The van der Waals surface area contributed by atoms with Gasteiger partial charge in [-0.3, -0.25) is 4.90 Å². The number of aromatic nitrogens is 1. The fourth-order valence-electron chi connectivity index (χ4n) is 4.29. The highest BCUT2D eigenvalue weighted by molar-refractivity contribution is 7.92. The van der Waals surface area contributed by atoms with Crippen molar-refractivity contribution in [2.45, 2.75) is 23.1 Å². The maximum Gasteiger partial charge on any atom is 0.298 e. The Balaban J connectivity index is 1.55. The topological polar surface area (TPSA) is 66.7 Å². The molecule has 0 N–H and O–H groups in total. The van der Waals surface area contributed by atoms with Crippen LogP contribution in [0.15, 0.2) is 74.9 Å². The molecule has 0 atom stereocenters. The normalized spacial score (nSPS) is 15.7. The molecule has 3 aromatic carbocycles. The average molecular weight is 436 g/mol. The first kappa shape index (κ1) is 20.0. The Labute approximate surface area is 182 Å². The fraction of sp³-hybridized carbons (Fsp3) is 0.292. The monoisotopic (exact) mass is 435 g/mol. The van der Waals surface area contributed by atoms with Crippen molar-refractivity contribution in [3.63, 3.8) is 0 Å². The summed E-state index contributed by atoms with van der Waals surface area (Å²) in [5.41, 5.74) is 0.883. The van der Waals surface area contributed by atoms with Crippen molar-refractivity contribution in [3.05, 3.63) is 60.7 Å². The molecule has 1 fully saturated rings. The van der Waals surface area contributed by atoms with E-state index in [1.807, 2.05) is 30.3 Å². The van der Waals surface area contributed by atoms with E-state index in [9.17, 15) is 8.42 Å². The van der Waals surface area contributed by atoms with Crippen molar-refractivity contribution in [2.75, 3.05) is 37.6 Å². The zero-order valence-electron chi connectivity index (χ0n) is 17.5. The lowest BCUT2D eigenvalue weighted by Crippen LogP contribution is -2.46. The molecular weight excluding hydrogens is 410 g/mol. The second-order valence-electron chi connectivity index (χ2n) is 7.91. The Hall–Kier alpha value is -2.90. The zero-order chi connectivity index (χ0) is 21.4. The third-order valence-electron chi connectivity index (χ3n) is 5.88. The Morgan fingerprint density at radius 3 is 2.42 bits per heavy atom. The quantitative estimate of drug-likeness (QED) is 0.464. The number of para-hydroxylation sites is 1. The predicted molar refractivity (Wildman–Crippen MR) is 122 cm³/mol. The van der Waals surface area contributed by atoms with Gasteiger partial charge in [-0.25, -0.2) is 8.42 Å². The van der Waals surface area contributed by atoms with Crippen LogP contribution in [0.25, 0.3) is 21.9 Å². The summed E-state index contributed by atoms with van der Waals surface area (Å²) < 4.78 is 33.3. The van der Waals surface area contributed by atoms with Crippen molar-refractivity contribution in [1.29, 1.82) is 0 Å². The summed E-state index contributed by atoms with van der Waals surface area (Å²) in [6.45, 7) is 6.82. The second kappa shape index (κ2) is 7.98. The van der Waals surface area contributed by atoms with Gasteiger partial charge in [-0.05, 0) is 36.6 Å². The average Bonchev–Trinajstić information content (AvgIpc) is 3.23. The van der Waals surface area contributed by atoms with E-state index in [4.69, 9.17) is 4.42 Å². The maximum absolute atomic E-state index is 13.7. The summed E-state index contributed by atoms with van der Waals surface area (Å²) >= 11 is 0. The van der Waals surface area contributed by atoms with Gasteiger partial charge in [0.2, 0.25) is 9.84 Å². The molecular formula is C24H25N3O3S. The van der Waals surface area contributed by atoms with Crippen molar-refractivity contribution < 1.29 is 12.8 Å². The first-order valence-electron chi connectivity index (χ1n) is 10.7. The Kier molecular flexibility index (Phi) is 5.16. The molecule has 0 saturated carbocycles. The molecule has 0 radical (unpaired) electrons. The van der Waals surface area contributed by atoms with Gasteiger partial charge in [0, 0.05) is 31.6 Å². The largest absolute Gasteiger partial charge is 0.423 e. The molecule has 6 nitrogen and oxygen atoms in total. The smallest absolute Gasteiger partial charge is 0.298 e. The van der Waals surface area contributed by atoms with Crippen LogP contribution in [-0.2, 0) is 9.84 Å². The number of fused-ring (bicyclic) bond motifs is 2. The van der Waals surface area contributed by atoms with E-state index >= 15 is 0 Å². The SMILES string of the molecule is CCCN1CCN(c2nc3c(S(=O)(=O)c4cccc5ccccc45)cccc3o2)CC1. The molecule has 4 aromatic rings. The van der Waals surface area contributed by atoms with E-state index in [2.05, 4.69) is 21.7 Å². The molecule has 7 heteroatoms. The minimum absolute atomic E-state index is 0.181. The maximum atomic E-state index is 13.7. The van der Waals surface area contributed by atoms with E-state index < -0.39 is 9.84 Å². The molecule has 2 heterocycles. The molecule has 1 aromatic heterocycles. The van der Waals surface area contributed by atoms with Gasteiger partial charge in [0.25, 0.3) is 6.01 Å². The number of nitrogens with zero attached hydrogens (tertiary/aromatic N) is 3. The first-order chi connectivity index (χ1) is 15.1. The van der Waals surface area contributed by atoms with Crippen LogP contribution in [0.2, 0.25) is 0 Å². The Bertz CT molecular complexity index is 1330. The number of hydrogen-bond acceptors (Lipinski definition) is 6. The lowest BCUT2D eigenvalue weighted by atomic mass is 10.1. The summed E-state index contributed by atoms with van der Waals surface area (Å²) in [6, 6.07) is 18.5. The van der Waals surface area contributed by atoms with Gasteiger partial charge in [0.1, 0.15) is 10.4 Å². The van der Waals surface area contributed by atoms with Crippen LogP contribution in [0.1, 0.15) is 13.3 Å². The highest BCUT2D eigenvalue weighted by Gasteiger charge is 2.27. The number of hydrogen-bond donors (Lipinski definition) is 0. The van der Waals surface area contributed by atoms with E-state index in [-0.39, 0.29) is 9.79 Å². The van der Waals surface area contributed by atoms with Gasteiger partial charge < -0.3 is 9.32 Å². The van der Waals surface area contributed by atoms with E-state index in [0.717, 1.165) is 44.5 Å². The third kappa shape index (κ3) is 3.58. The molecule has 0 unspecified atom stereocenters. The zero-order valence-corrected chi connectivity index (χ0v) is 18.3. The van der Waals surface area contributed by atoms with Crippen LogP contribution < -0.4 is 4.90 Å². The van der Waals surface area contributed by atoms with Crippen LogP contribution in [0, 0.1) is 0 Å². The fourth-order valence-corrected chi connectivity index (χ4v) is 5.92. The molecule has 5 rings (SSSR count). The van der Waals surface area contributed by atoms with Crippen molar-refractivity contribution in [1.82, 2.24) is 9.88 Å². The lowest BCUT2D eigenvalue weighted by Gasteiger charge is -2.33. The van der Waals surface area contributed by atoms with E-state index in [1.54, 1.807) is 30.3 Å². The predicted octanol–water partition coefficient (Wildman–Crippen LogP) is 4.35. The molecule has 1 aliphatic heterocycles. The summed E-state index contributed by atoms with van der Waals surface area (Å²) in [5.74, 6) is 0. The summed E-state index contributed by atoms with van der Waals surface area (Å²) in [5, 5.41) is 1.60. The lowest BCUT2D eigenvalue weighted by molar-refractivity contribution is 0.254. The van der Waals surface area contributed by atoms with Gasteiger partial charge in [-0.15, -0.1) is 0 Å². The molecule has 1 aliphatic rings. The van der Waals surface area contributed by atoms with Crippen molar-refractivity contribution >= 4 is 37.7 Å². The standard InChI is InChI=1S/C24H25N3O3S/c1-2-13-26-14-16-27(17-15-26)24-25-23-20(30-24)10-6-12-22(23)31(28,29)21-11-5-8-18-7-3-4-9-19(18)21/h3-12H,2,13-17H2,1H3. The molecule has 1 saturated heterocycles. The van der Waals surface area contributed by atoms with Gasteiger partial charge in [-0.2, -0.15) is 4.98 Å². The first-order valence-corrected chi connectivity index (χ1v) is 12.2. The van der Waals surface area contributed by atoms with Crippen LogP contribution in [0.5, 0.6) is 0 Å². The highest BCUT2D eigenvalue weighted by atomic mass is 32.2. The van der Waals surface area contributed by atoms with Crippen LogP contribution in [-0.4, -0.2) is 51.0 Å². The summed E-state index contributed by atoms with van der Waals surface area (Å²) in [6.07, 6.45) is 1.14. The van der Waals surface area contributed by atoms with Crippen molar-refractivity contribution in [3.8, 4) is 0 Å². The van der Waals surface area contributed by atoms with Crippen molar-refractivity contribution in [2.24, 2.45) is 0 Å². The summed E-state index contributed by atoms with van der Waals surface area (Å²) in [7, 11) is -3.77. The van der Waals surface area contributed by atoms with Gasteiger partial charge in [0.05, 0.1) is 4.90 Å². The number of sulfone groups is 1. The molecule has 160 valence electrons. The third-order valence-corrected chi connectivity index (χ3v) is 7.73. The highest BCUT2D eigenvalue weighted by Crippen LogP contribution is 2.34. The van der Waals surface area contributed by atoms with Crippen LogP contribution >= 0.6 is 0 Å². The van der Waals surface area contributed by atoms with E-state index in [1.165, 1.54) is 0 Å². The number of benzene rings is 3. The minimum atomic E-state index is -3.77. The van der Waals surface area contributed by atoms with Gasteiger partial charge >= 0.3 is 0 Å². The summed E-state index contributed by atoms with van der Waals surface area (Å²) in [4.78, 5) is 9.63. The minimum Gasteiger partial charge on any atom is -0.423 e. The Morgan fingerprint density at radius 1 is 0.903 bits per heavy atom. The molecule has 0 spiro atoms. The molecule has 0 bridgehead atoms. The number of rotatable bonds is 5. The number of piperazine rings is 1. The number of anilines is 1. The van der Waals surface area contributed by atoms with Gasteiger partial charge in [0.15, 0.2) is 5.58 Å². The number of oxazole rings is 1. The van der Waals surface area contributed by atoms with Crippen LogP contribution in [0.3, 0.4) is 0 Å². The second-order valence-corrected chi connectivity index (χ2v) is 9.80. The molecule has 0 amide bonds. The Morgan fingerprint density at radius 2 is 1.61 bits per heavy atom. The van der Waals surface area contributed by atoms with E-state index in [0.29, 0.717) is 22.5 Å². The molecule has 0 aliphatic carbocycles. The molecule has 31 heavy (non-hydrogen) atoms. The van der Waals surface area contributed by atoms with Gasteiger partial charge in [-0.1, -0.05) is 49.4 Å². The van der Waals surface area contributed by atoms with Crippen LogP contribution in [0.4, 0.5) is 6.01 Å².